The first kappa shape index (κ1) is 20.8. The van der Waals surface area contributed by atoms with Gasteiger partial charge in [-0.05, 0) is 36.4 Å². The Morgan fingerprint density at radius 1 is 1.18 bits per heavy atom. The van der Waals surface area contributed by atoms with Crippen LogP contribution in [0.25, 0.3) is 10.2 Å². The van der Waals surface area contributed by atoms with E-state index in [1.54, 1.807) is 30.0 Å². The van der Waals surface area contributed by atoms with Crippen molar-refractivity contribution in [2.75, 3.05) is 18.3 Å². The predicted octanol–water partition coefficient (Wildman–Crippen LogP) is 3.53. The number of hydrogen-bond donors (Lipinski definition) is 0. The molecule has 0 fully saturated rings. The molecule has 0 radical (unpaired) electrons. The molecule has 8 heteroatoms. The SMILES string of the molecule is CSCCn1c(=NC(=O)CCc2ccccc2)sc2cc(S(C)(=O)=O)ccc21. The highest BCUT2D eigenvalue weighted by Crippen LogP contribution is 2.22. The molecule has 0 aliphatic rings. The summed E-state index contributed by atoms with van der Waals surface area (Å²) in [7, 11) is -3.28. The molecular formula is C20H22N2O3S3. The van der Waals surface area contributed by atoms with E-state index in [0.717, 1.165) is 21.5 Å². The number of carbonyl (C=O) groups is 1. The van der Waals surface area contributed by atoms with Gasteiger partial charge >= 0.3 is 0 Å². The largest absolute Gasteiger partial charge is 0.316 e. The minimum atomic E-state index is -3.28. The maximum Gasteiger partial charge on any atom is 0.248 e. The highest BCUT2D eigenvalue weighted by molar-refractivity contribution is 7.98. The van der Waals surface area contributed by atoms with Crippen molar-refractivity contribution in [3.63, 3.8) is 0 Å². The molecule has 0 atom stereocenters. The Kier molecular flexibility index (Phi) is 6.74. The van der Waals surface area contributed by atoms with E-state index in [4.69, 9.17) is 0 Å². The topological polar surface area (TPSA) is 68.5 Å². The van der Waals surface area contributed by atoms with Crippen LogP contribution in [0.2, 0.25) is 0 Å². The Bertz CT molecular complexity index is 1150. The lowest BCUT2D eigenvalue weighted by Gasteiger charge is -2.04. The lowest BCUT2D eigenvalue weighted by molar-refractivity contribution is -0.118. The lowest BCUT2D eigenvalue weighted by atomic mass is 10.1. The second kappa shape index (κ2) is 9.07. The Hall–Kier alpha value is -1.90. The summed E-state index contributed by atoms with van der Waals surface area (Å²) < 4.78 is 26.5. The van der Waals surface area contributed by atoms with Gasteiger partial charge in [0.1, 0.15) is 0 Å². The van der Waals surface area contributed by atoms with E-state index < -0.39 is 9.84 Å². The summed E-state index contributed by atoms with van der Waals surface area (Å²) in [5.74, 6) is 0.710. The van der Waals surface area contributed by atoms with Crippen LogP contribution in [0.4, 0.5) is 0 Å². The number of benzene rings is 2. The summed E-state index contributed by atoms with van der Waals surface area (Å²) >= 11 is 3.07. The highest BCUT2D eigenvalue weighted by Gasteiger charge is 2.13. The number of thioether (sulfide) groups is 1. The van der Waals surface area contributed by atoms with Gasteiger partial charge in [-0.15, -0.1) is 0 Å². The molecule has 0 unspecified atom stereocenters. The molecule has 0 saturated carbocycles. The van der Waals surface area contributed by atoms with Gasteiger partial charge in [-0.3, -0.25) is 4.79 Å². The summed E-state index contributed by atoms with van der Waals surface area (Å²) in [6, 6.07) is 14.9. The van der Waals surface area contributed by atoms with E-state index in [2.05, 4.69) is 4.99 Å². The van der Waals surface area contributed by atoms with E-state index in [9.17, 15) is 13.2 Å². The fourth-order valence-electron chi connectivity index (χ4n) is 2.83. The zero-order chi connectivity index (χ0) is 20.1. The van der Waals surface area contributed by atoms with Crippen molar-refractivity contribution in [3.05, 3.63) is 58.9 Å². The lowest BCUT2D eigenvalue weighted by Crippen LogP contribution is -2.18. The number of aromatic nitrogens is 1. The van der Waals surface area contributed by atoms with Crippen molar-refractivity contribution in [1.82, 2.24) is 4.57 Å². The molecule has 1 heterocycles. The van der Waals surface area contributed by atoms with Gasteiger partial charge in [-0.2, -0.15) is 16.8 Å². The molecule has 0 bridgehead atoms. The maximum atomic E-state index is 12.4. The normalized spacial score (nSPS) is 12.6. The third-order valence-corrected chi connectivity index (χ3v) is 7.03. The van der Waals surface area contributed by atoms with E-state index in [-0.39, 0.29) is 10.8 Å². The van der Waals surface area contributed by atoms with Crippen molar-refractivity contribution >= 4 is 49.1 Å². The molecular weight excluding hydrogens is 412 g/mol. The average molecular weight is 435 g/mol. The molecule has 28 heavy (non-hydrogen) atoms. The Morgan fingerprint density at radius 3 is 2.61 bits per heavy atom. The molecule has 0 spiro atoms. The van der Waals surface area contributed by atoms with Gasteiger partial charge in [-0.25, -0.2) is 8.42 Å². The molecule has 3 rings (SSSR count). The summed E-state index contributed by atoms with van der Waals surface area (Å²) in [5.41, 5.74) is 2.01. The van der Waals surface area contributed by atoms with Gasteiger partial charge in [0.15, 0.2) is 14.6 Å². The number of fused-ring (bicyclic) bond motifs is 1. The van der Waals surface area contributed by atoms with E-state index >= 15 is 0 Å². The molecule has 5 nitrogen and oxygen atoms in total. The van der Waals surface area contributed by atoms with Crippen molar-refractivity contribution in [2.24, 2.45) is 4.99 Å². The number of rotatable bonds is 7. The first-order valence-corrected chi connectivity index (χ1v) is 12.9. The molecule has 3 aromatic rings. The van der Waals surface area contributed by atoms with Gasteiger partial charge in [0.25, 0.3) is 0 Å². The molecule has 0 aliphatic carbocycles. The number of sulfone groups is 1. The molecule has 148 valence electrons. The quantitative estimate of drug-likeness (QED) is 0.570. The predicted molar refractivity (Wildman–Crippen MR) is 117 cm³/mol. The summed E-state index contributed by atoms with van der Waals surface area (Å²) in [6.07, 6.45) is 4.22. The number of amides is 1. The van der Waals surface area contributed by atoms with Crippen LogP contribution in [-0.4, -0.2) is 37.2 Å². The second-order valence-electron chi connectivity index (χ2n) is 6.42. The third kappa shape index (κ3) is 5.12. The fourth-order valence-corrected chi connectivity index (χ4v) is 5.03. The smallest absolute Gasteiger partial charge is 0.248 e. The monoisotopic (exact) mass is 434 g/mol. The molecule has 0 saturated heterocycles. The van der Waals surface area contributed by atoms with Crippen molar-refractivity contribution in [3.8, 4) is 0 Å². The van der Waals surface area contributed by atoms with Gasteiger partial charge in [0.2, 0.25) is 5.91 Å². The van der Waals surface area contributed by atoms with Gasteiger partial charge in [0.05, 0.1) is 15.1 Å². The van der Waals surface area contributed by atoms with Crippen LogP contribution in [0, 0.1) is 0 Å². The van der Waals surface area contributed by atoms with Crippen molar-refractivity contribution in [1.29, 1.82) is 0 Å². The van der Waals surface area contributed by atoms with Gasteiger partial charge in [0, 0.05) is 25.0 Å². The van der Waals surface area contributed by atoms with Gasteiger partial charge < -0.3 is 4.57 Å². The first-order chi connectivity index (χ1) is 13.4. The van der Waals surface area contributed by atoms with Gasteiger partial charge in [-0.1, -0.05) is 41.7 Å². The fraction of sp³-hybridized carbons (Fsp3) is 0.300. The van der Waals surface area contributed by atoms with Crippen molar-refractivity contribution in [2.45, 2.75) is 24.3 Å². The van der Waals surface area contributed by atoms with Crippen LogP contribution in [0.1, 0.15) is 12.0 Å². The highest BCUT2D eigenvalue weighted by atomic mass is 32.2. The van der Waals surface area contributed by atoms with E-state index in [1.165, 1.54) is 17.6 Å². The zero-order valence-electron chi connectivity index (χ0n) is 15.8. The minimum absolute atomic E-state index is 0.170. The van der Waals surface area contributed by atoms with Crippen LogP contribution in [-0.2, 0) is 27.6 Å². The van der Waals surface area contributed by atoms with Crippen LogP contribution in [0.15, 0.2) is 58.4 Å². The zero-order valence-corrected chi connectivity index (χ0v) is 18.2. The Morgan fingerprint density at radius 2 is 1.93 bits per heavy atom. The number of nitrogens with zero attached hydrogens (tertiary/aromatic N) is 2. The van der Waals surface area contributed by atoms with E-state index in [1.807, 2.05) is 41.2 Å². The summed E-state index contributed by atoms with van der Waals surface area (Å²) in [4.78, 5) is 17.7. The summed E-state index contributed by atoms with van der Waals surface area (Å²) in [6.45, 7) is 0.712. The number of aryl methyl sites for hydroxylation is 2. The molecule has 1 aromatic heterocycles. The average Bonchev–Trinajstić information content (AvgIpc) is 3.01. The Labute approximate surface area is 173 Å². The van der Waals surface area contributed by atoms with E-state index in [0.29, 0.717) is 24.2 Å². The minimum Gasteiger partial charge on any atom is -0.316 e. The Balaban J connectivity index is 1.95. The number of hydrogen-bond acceptors (Lipinski definition) is 5. The third-order valence-electron chi connectivity index (χ3n) is 4.29. The van der Waals surface area contributed by atoms with Crippen molar-refractivity contribution < 1.29 is 13.2 Å². The summed E-state index contributed by atoms with van der Waals surface area (Å²) in [5, 5.41) is 0. The second-order valence-corrected chi connectivity index (χ2v) is 10.4. The molecule has 1 amide bonds. The first-order valence-electron chi connectivity index (χ1n) is 8.82. The maximum absolute atomic E-state index is 12.4. The molecule has 0 aliphatic heterocycles. The van der Waals surface area contributed by atoms with Crippen LogP contribution < -0.4 is 4.80 Å². The number of carbonyl (C=O) groups excluding carboxylic acids is 1. The van der Waals surface area contributed by atoms with Crippen LogP contribution >= 0.6 is 23.1 Å². The standard InChI is InChI=1S/C20H22N2O3S3/c1-26-13-12-22-17-10-9-16(28(2,24)25)14-18(17)27-20(22)21-19(23)11-8-15-6-4-3-5-7-15/h3-7,9-10,14H,8,11-13H2,1-2H3. The van der Waals surface area contributed by atoms with Crippen LogP contribution in [0.3, 0.4) is 0 Å². The van der Waals surface area contributed by atoms with Crippen LogP contribution in [0.5, 0.6) is 0 Å². The number of thiazole rings is 1. The molecule has 0 N–H and O–H groups in total. The molecule has 2 aromatic carbocycles.